The first-order chi connectivity index (χ1) is 8.95. The van der Waals surface area contributed by atoms with Gasteiger partial charge in [0.25, 0.3) is 5.56 Å². The highest BCUT2D eigenvalue weighted by atomic mass is 35.5. The molecule has 0 aliphatic rings. The molecule has 0 aliphatic carbocycles. The van der Waals surface area contributed by atoms with Gasteiger partial charge in [0, 0.05) is 25.4 Å². The fourth-order valence-electron chi connectivity index (χ4n) is 2.00. The van der Waals surface area contributed by atoms with Crippen LogP contribution in [0.3, 0.4) is 0 Å². The van der Waals surface area contributed by atoms with Crippen LogP contribution in [0.25, 0.3) is 5.65 Å². The summed E-state index contributed by atoms with van der Waals surface area (Å²) in [6.07, 6.45) is 1.14. The number of rotatable bonds is 4. The second-order valence-corrected chi connectivity index (χ2v) is 5.14. The second-order valence-electron chi connectivity index (χ2n) is 4.71. The molecule has 0 saturated carbocycles. The first kappa shape index (κ1) is 14.0. The molecule has 2 aromatic rings. The van der Waals surface area contributed by atoms with Crippen molar-refractivity contribution in [3.05, 3.63) is 45.5 Å². The zero-order valence-electron chi connectivity index (χ0n) is 10.9. The SMILES string of the molecule is CC(O)CN(C)Cc1cc(=O)n2cc(Cl)ccc2n1. The van der Waals surface area contributed by atoms with Crippen LogP contribution in [0.15, 0.2) is 29.2 Å². The lowest BCUT2D eigenvalue weighted by Crippen LogP contribution is -2.28. The van der Waals surface area contributed by atoms with Gasteiger partial charge in [-0.1, -0.05) is 11.6 Å². The summed E-state index contributed by atoms with van der Waals surface area (Å²) in [4.78, 5) is 18.3. The minimum atomic E-state index is -0.412. The molecule has 0 radical (unpaired) electrons. The van der Waals surface area contributed by atoms with Crippen LogP contribution >= 0.6 is 11.6 Å². The number of halogens is 1. The van der Waals surface area contributed by atoms with Gasteiger partial charge < -0.3 is 5.11 Å². The predicted octanol–water partition coefficient (Wildman–Crippen LogP) is 1.16. The van der Waals surface area contributed by atoms with E-state index in [0.29, 0.717) is 29.5 Å². The number of likely N-dealkylation sites (N-methyl/N-ethyl adjacent to an activating group) is 1. The standard InChI is InChI=1S/C13H16ClN3O2/c1-9(18)6-16(2)8-11-5-13(19)17-7-10(14)3-4-12(17)15-11/h3-5,7,9,18H,6,8H2,1-2H3. The maximum atomic E-state index is 12.0. The van der Waals surface area contributed by atoms with Crippen LogP contribution in [0, 0.1) is 0 Å². The van der Waals surface area contributed by atoms with E-state index in [2.05, 4.69) is 4.98 Å². The first-order valence-electron chi connectivity index (χ1n) is 6.00. The summed E-state index contributed by atoms with van der Waals surface area (Å²) in [6.45, 7) is 2.77. The van der Waals surface area contributed by atoms with Crippen molar-refractivity contribution in [2.75, 3.05) is 13.6 Å². The molecule has 1 N–H and O–H groups in total. The molecule has 0 aromatic carbocycles. The van der Waals surface area contributed by atoms with E-state index in [1.165, 1.54) is 10.5 Å². The molecule has 0 amide bonds. The number of fused-ring (bicyclic) bond motifs is 1. The van der Waals surface area contributed by atoms with Crippen molar-refractivity contribution in [2.45, 2.75) is 19.6 Å². The second kappa shape index (κ2) is 5.69. The molecule has 0 spiro atoms. The predicted molar refractivity (Wildman–Crippen MR) is 74.5 cm³/mol. The average Bonchev–Trinajstić information content (AvgIpc) is 2.29. The van der Waals surface area contributed by atoms with E-state index < -0.39 is 6.10 Å². The molecule has 1 atom stereocenters. The third-order valence-corrected chi connectivity index (χ3v) is 2.91. The lowest BCUT2D eigenvalue weighted by Gasteiger charge is -2.17. The van der Waals surface area contributed by atoms with E-state index in [0.717, 1.165) is 0 Å². The minimum absolute atomic E-state index is 0.159. The van der Waals surface area contributed by atoms with E-state index in [4.69, 9.17) is 11.6 Å². The Kier molecular flexibility index (Phi) is 4.19. The molecular weight excluding hydrogens is 266 g/mol. The summed E-state index contributed by atoms with van der Waals surface area (Å²) in [7, 11) is 1.87. The Hall–Kier alpha value is -1.43. The third-order valence-electron chi connectivity index (χ3n) is 2.68. The molecule has 2 aromatic heterocycles. The molecular formula is C13H16ClN3O2. The van der Waals surface area contributed by atoms with Crippen LogP contribution in [0.2, 0.25) is 5.02 Å². The lowest BCUT2D eigenvalue weighted by molar-refractivity contribution is 0.138. The van der Waals surface area contributed by atoms with Crippen LogP contribution in [0.5, 0.6) is 0 Å². The largest absolute Gasteiger partial charge is 0.392 e. The fourth-order valence-corrected chi connectivity index (χ4v) is 2.16. The van der Waals surface area contributed by atoms with Crippen LogP contribution < -0.4 is 5.56 Å². The molecule has 6 heteroatoms. The minimum Gasteiger partial charge on any atom is -0.392 e. The van der Waals surface area contributed by atoms with Crippen LogP contribution in [-0.4, -0.2) is 39.1 Å². The van der Waals surface area contributed by atoms with E-state index in [1.54, 1.807) is 25.3 Å². The highest BCUT2D eigenvalue weighted by molar-refractivity contribution is 6.30. The van der Waals surface area contributed by atoms with E-state index >= 15 is 0 Å². The average molecular weight is 282 g/mol. The normalized spacial score (nSPS) is 13.1. The van der Waals surface area contributed by atoms with Crippen molar-refractivity contribution >= 4 is 17.2 Å². The van der Waals surface area contributed by atoms with Gasteiger partial charge >= 0.3 is 0 Å². The molecule has 19 heavy (non-hydrogen) atoms. The maximum absolute atomic E-state index is 12.0. The number of aliphatic hydroxyl groups excluding tert-OH is 1. The highest BCUT2D eigenvalue weighted by Crippen LogP contribution is 2.09. The summed E-state index contributed by atoms with van der Waals surface area (Å²) < 4.78 is 1.42. The first-order valence-corrected chi connectivity index (χ1v) is 6.38. The lowest BCUT2D eigenvalue weighted by atomic mass is 10.3. The van der Waals surface area contributed by atoms with Crippen molar-refractivity contribution in [2.24, 2.45) is 0 Å². The number of pyridine rings is 1. The molecule has 0 fully saturated rings. The summed E-state index contributed by atoms with van der Waals surface area (Å²) in [5, 5.41) is 9.81. The zero-order chi connectivity index (χ0) is 14.0. The van der Waals surface area contributed by atoms with Crippen molar-refractivity contribution in [1.29, 1.82) is 0 Å². The summed E-state index contributed by atoms with van der Waals surface area (Å²) in [5.41, 5.74) is 1.08. The van der Waals surface area contributed by atoms with Gasteiger partial charge in [-0.15, -0.1) is 0 Å². The van der Waals surface area contributed by atoms with Gasteiger partial charge in [-0.25, -0.2) is 4.98 Å². The molecule has 102 valence electrons. The van der Waals surface area contributed by atoms with Gasteiger partial charge in [-0.2, -0.15) is 0 Å². The monoisotopic (exact) mass is 281 g/mol. The van der Waals surface area contributed by atoms with E-state index in [-0.39, 0.29) is 5.56 Å². The Morgan fingerprint density at radius 2 is 2.26 bits per heavy atom. The van der Waals surface area contributed by atoms with Gasteiger partial charge in [0.05, 0.1) is 16.8 Å². The Labute approximate surface area is 116 Å². The van der Waals surface area contributed by atoms with Crippen LogP contribution in [0.1, 0.15) is 12.6 Å². The number of hydrogen-bond acceptors (Lipinski definition) is 4. The van der Waals surface area contributed by atoms with Gasteiger partial charge in [-0.05, 0) is 26.1 Å². The van der Waals surface area contributed by atoms with Gasteiger partial charge in [0.1, 0.15) is 5.65 Å². The topological polar surface area (TPSA) is 57.8 Å². The molecule has 2 heterocycles. The third kappa shape index (κ3) is 3.53. The fraction of sp³-hybridized carbons (Fsp3) is 0.385. The molecule has 0 aliphatic heterocycles. The van der Waals surface area contributed by atoms with Gasteiger partial charge in [-0.3, -0.25) is 14.1 Å². The molecule has 5 nitrogen and oxygen atoms in total. The Morgan fingerprint density at radius 3 is 2.95 bits per heavy atom. The zero-order valence-corrected chi connectivity index (χ0v) is 11.6. The van der Waals surface area contributed by atoms with Crippen LogP contribution in [0.4, 0.5) is 0 Å². The van der Waals surface area contributed by atoms with Gasteiger partial charge in [0.15, 0.2) is 0 Å². The number of aromatic nitrogens is 2. The Balaban J connectivity index is 2.31. The highest BCUT2D eigenvalue weighted by Gasteiger charge is 2.07. The summed E-state index contributed by atoms with van der Waals surface area (Å²) in [5.74, 6) is 0. The van der Waals surface area contributed by atoms with Crippen LogP contribution in [-0.2, 0) is 6.54 Å². The maximum Gasteiger partial charge on any atom is 0.258 e. The van der Waals surface area contributed by atoms with Crippen molar-refractivity contribution in [3.63, 3.8) is 0 Å². The molecule has 0 bridgehead atoms. The van der Waals surface area contributed by atoms with Crippen molar-refractivity contribution in [3.8, 4) is 0 Å². The number of aliphatic hydroxyl groups is 1. The van der Waals surface area contributed by atoms with Gasteiger partial charge in [0.2, 0.25) is 0 Å². The molecule has 0 saturated heterocycles. The summed E-state index contributed by atoms with van der Waals surface area (Å²) in [6, 6.07) is 4.90. The summed E-state index contributed by atoms with van der Waals surface area (Å²) >= 11 is 5.85. The van der Waals surface area contributed by atoms with E-state index in [1.807, 2.05) is 11.9 Å². The number of nitrogens with zero attached hydrogens (tertiary/aromatic N) is 3. The van der Waals surface area contributed by atoms with Crippen molar-refractivity contribution < 1.29 is 5.11 Å². The quantitative estimate of drug-likeness (QED) is 0.914. The Morgan fingerprint density at radius 1 is 1.53 bits per heavy atom. The molecule has 1 unspecified atom stereocenters. The number of hydrogen-bond donors (Lipinski definition) is 1. The molecule has 2 rings (SSSR count). The smallest absolute Gasteiger partial charge is 0.258 e. The van der Waals surface area contributed by atoms with E-state index in [9.17, 15) is 9.90 Å². The van der Waals surface area contributed by atoms with Crippen molar-refractivity contribution in [1.82, 2.24) is 14.3 Å². The Bertz CT molecular complexity index is 639.